The number of rotatable bonds is 8. The summed E-state index contributed by atoms with van der Waals surface area (Å²) in [5.41, 5.74) is 1.87. The van der Waals surface area contributed by atoms with Crippen LogP contribution in [0.2, 0.25) is 0 Å². The Labute approximate surface area is 207 Å². The van der Waals surface area contributed by atoms with E-state index >= 15 is 0 Å². The van der Waals surface area contributed by atoms with Crippen molar-refractivity contribution in [3.63, 3.8) is 0 Å². The molecule has 9 heteroatoms. The van der Waals surface area contributed by atoms with Crippen LogP contribution in [-0.2, 0) is 9.53 Å². The number of carbonyl (C=O) groups excluding carboxylic acids is 2. The van der Waals surface area contributed by atoms with Crippen LogP contribution in [0.25, 0.3) is 11.1 Å². The number of hydrogen-bond acceptors (Lipinski definition) is 6. The number of carbonyl (C=O) groups is 2. The maximum Gasteiger partial charge on any atom is 0.341 e. The molecule has 168 valence electrons. The quantitative estimate of drug-likeness (QED) is 0.309. The predicted octanol–water partition coefficient (Wildman–Crippen LogP) is 6.45. The molecule has 0 unspecified atom stereocenters. The topological polar surface area (TPSA) is 73.9 Å². The Morgan fingerprint density at radius 2 is 1.78 bits per heavy atom. The maximum atomic E-state index is 12.6. The van der Waals surface area contributed by atoms with E-state index in [2.05, 4.69) is 37.2 Å². The van der Waals surface area contributed by atoms with Crippen LogP contribution in [0.5, 0.6) is 11.5 Å². The molecule has 0 spiro atoms. The first-order valence-electron chi connectivity index (χ1n) is 9.66. The molecular formula is C23H21Br2NO5S. The lowest BCUT2D eigenvalue weighted by molar-refractivity contribution is -0.118. The van der Waals surface area contributed by atoms with Gasteiger partial charge < -0.3 is 19.5 Å². The van der Waals surface area contributed by atoms with Crippen molar-refractivity contribution in [2.45, 2.75) is 13.8 Å². The summed E-state index contributed by atoms with van der Waals surface area (Å²) in [6.07, 6.45) is 0. The Bertz CT molecular complexity index is 1130. The van der Waals surface area contributed by atoms with Gasteiger partial charge in [-0.2, -0.15) is 0 Å². The molecule has 32 heavy (non-hydrogen) atoms. The largest absolute Gasteiger partial charge is 0.494 e. The van der Waals surface area contributed by atoms with Gasteiger partial charge in [0.2, 0.25) is 0 Å². The number of halogens is 2. The number of ether oxygens (including phenoxy) is 3. The Hall–Kier alpha value is -2.36. The van der Waals surface area contributed by atoms with Crippen LogP contribution < -0.4 is 14.8 Å². The summed E-state index contributed by atoms with van der Waals surface area (Å²) in [6, 6.07) is 12.9. The minimum Gasteiger partial charge on any atom is -0.494 e. The van der Waals surface area contributed by atoms with Gasteiger partial charge in [-0.05, 0) is 65.7 Å². The molecule has 0 bridgehead atoms. The molecule has 2 aromatic carbocycles. The summed E-state index contributed by atoms with van der Waals surface area (Å²) in [4.78, 5) is 26.1. The number of aryl methyl sites for hydroxylation is 1. The highest BCUT2D eigenvalue weighted by Crippen LogP contribution is 2.40. The van der Waals surface area contributed by atoms with Gasteiger partial charge in [-0.25, -0.2) is 4.79 Å². The van der Waals surface area contributed by atoms with Crippen LogP contribution in [0.1, 0.15) is 22.2 Å². The molecule has 0 saturated heterocycles. The number of amides is 1. The van der Waals surface area contributed by atoms with Crippen molar-refractivity contribution in [1.29, 1.82) is 0 Å². The lowest BCUT2D eigenvalue weighted by Crippen LogP contribution is -2.21. The second kappa shape index (κ2) is 11.0. The first kappa shape index (κ1) is 24.3. The van der Waals surface area contributed by atoms with Crippen molar-refractivity contribution >= 4 is 60.1 Å². The Balaban J connectivity index is 1.83. The second-order valence-corrected chi connectivity index (χ2v) is 9.59. The number of esters is 1. The van der Waals surface area contributed by atoms with E-state index in [1.54, 1.807) is 6.07 Å². The van der Waals surface area contributed by atoms with E-state index in [4.69, 9.17) is 14.2 Å². The Morgan fingerprint density at radius 1 is 1.06 bits per heavy atom. The molecule has 1 N–H and O–H groups in total. The number of methoxy groups -OCH3 is 1. The van der Waals surface area contributed by atoms with Gasteiger partial charge in [-0.1, -0.05) is 28.1 Å². The van der Waals surface area contributed by atoms with Crippen molar-refractivity contribution in [3.05, 3.63) is 61.9 Å². The summed E-state index contributed by atoms with van der Waals surface area (Å²) in [5, 5.41) is 3.21. The normalized spacial score (nSPS) is 10.5. The summed E-state index contributed by atoms with van der Waals surface area (Å²) < 4.78 is 17.7. The van der Waals surface area contributed by atoms with Crippen LogP contribution in [0, 0.1) is 6.92 Å². The standard InChI is InChI=1S/C23H21Br2NO5S/c1-4-30-16-8-5-14(6-9-16)20-13(2)32-22(21(20)23(28)29-3)26-19(27)12-31-18-10-7-15(24)11-17(18)25/h5-11H,4,12H2,1-3H3,(H,26,27). The smallest absolute Gasteiger partial charge is 0.341 e. The number of anilines is 1. The molecule has 0 aliphatic carbocycles. The molecule has 0 radical (unpaired) electrons. The first-order chi connectivity index (χ1) is 15.3. The number of thiophene rings is 1. The fraction of sp³-hybridized carbons (Fsp3) is 0.217. The highest BCUT2D eigenvalue weighted by molar-refractivity contribution is 9.11. The molecular weight excluding hydrogens is 562 g/mol. The third-order valence-electron chi connectivity index (χ3n) is 4.43. The monoisotopic (exact) mass is 581 g/mol. The van der Waals surface area contributed by atoms with Gasteiger partial charge in [-0.15, -0.1) is 11.3 Å². The van der Waals surface area contributed by atoms with Crippen molar-refractivity contribution in [2.75, 3.05) is 25.6 Å². The van der Waals surface area contributed by atoms with Crippen LogP contribution in [0.15, 0.2) is 51.4 Å². The van der Waals surface area contributed by atoms with Crippen LogP contribution in [-0.4, -0.2) is 32.2 Å². The van der Waals surface area contributed by atoms with Crippen LogP contribution in [0.4, 0.5) is 5.00 Å². The zero-order valence-corrected chi connectivity index (χ0v) is 21.6. The Kier molecular flexibility index (Phi) is 8.33. The van der Waals surface area contributed by atoms with Gasteiger partial charge in [0.25, 0.3) is 5.91 Å². The van der Waals surface area contributed by atoms with Gasteiger partial charge in [0.15, 0.2) is 6.61 Å². The molecule has 0 atom stereocenters. The molecule has 6 nitrogen and oxygen atoms in total. The van der Waals surface area contributed by atoms with Crippen LogP contribution >= 0.6 is 43.2 Å². The van der Waals surface area contributed by atoms with E-state index in [-0.39, 0.29) is 12.5 Å². The molecule has 0 saturated carbocycles. The van der Waals surface area contributed by atoms with Crippen molar-refractivity contribution in [3.8, 4) is 22.6 Å². The molecule has 1 aromatic heterocycles. The molecule has 1 amide bonds. The molecule has 1 heterocycles. The fourth-order valence-electron chi connectivity index (χ4n) is 3.06. The summed E-state index contributed by atoms with van der Waals surface area (Å²) in [6.45, 7) is 4.17. The second-order valence-electron chi connectivity index (χ2n) is 6.60. The van der Waals surface area contributed by atoms with E-state index in [9.17, 15) is 9.59 Å². The van der Waals surface area contributed by atoms with Gasteiger partial charge in [0.1, 0.15) is 22.1 Å². The van der Waals surface area contributed by atoms with E-state index in [1.165, 1.54) is 18.4 Å². The molecule has 0 aliphatic rings. The molecule has 0 aliphatic heterocycles. The molecule has 3 rings (SSSR count). The van der Waals surface area contributed by atoms with E-state index < -0.39 is 5.97 Å². The van der Waals surface area contributed by atoms with Gasteiger partial charge >= 0.3 is 5.97 Å². The number of benzene rings is 2. The molecule has 0 fully saturated rings. The number of hydrogen-bond donors (Lipinski definition) is 1. The average molecular weight is 583 g/mol. The fourth-order valence-corrected chi connectivity index (χ4v) is 5.30. The first-order valence-corrected chi connectivity index (χ1v) is 12.1. The summed E-state index contributed by atoms with van der Waals surface area (Å²) in [7, 11) is 1.32. The Morgan fingerprint density at radius 3 is 2.41 bits per heavy atom. The van der Waals surface area contributed by atoms with E-state index in [1.807, 2.05) is 50.2 Å². The molecule has 3 aromatic rings. The van der Waals surface area contributed by atoms with Crippen molar-refractivity contribution in [1.82, 2.24) is 0 Å². The predicted molar refractivity (Wildman–Crippen MR) is 133 cm³/mol. The van der Waals surface area contributed by atoms with Gasteiger partial charge in [0.05, 0.1) is 18.2 Å². The third-order valence-corrected chi connectivity index (χ3v) is 6.57. The highest BCUT2D eigenvalue weighted by atomic mass is 79.9. The SMILES string of the molecule is CCOc1ccc(-c2c(C)sc(NC(=O)COc3ccc(Br)cc3Br)c2C(=O)OC)cc1. The minimum atomic E-state index is -0.523. The summed E-state index contributed by atoms with van der Waals surface area (Å²) in [5.74, 6) is 0.372. The maximum absolute atomic E-state index is 12.6. The number of nitrogens with one attached hydrogen (secondary N) is 1. The van der Waals surface area contributed by atoms with Crippen molar-refractivity contribution in [2.24, 2.45) is 0 Å². The van der Waals surface area contributed by atoms with Crippen LogP contribution in [0.3, 0.4) is 0 Å². The zero-order valence-electron chi connectivity index (χ0n) is 17.7. The van der Waals surface area contributed by atoms with E-state index in [0.717, 1.165) is 30.7 Å². The zero-order chi connectivity index (χ0) is 23.3. The van der Waals surface area contributed by atoms with Gasteiger partial charge in [-0.3, -0.25) is 4.79 Å². The average Bonchev–Trinajstić information content (AvgIpc) is 3.08. The van der Waals surface area contributed by atoms with Crippen molar-refractivity contribution < 1.29 is 23.8 Å². The van der Waals surface area contributed by atoms with Gasteiger partial charge in [0, 0.05) is 14.9 Å². The summed E-state index contributed by atoms with van der Waals surface area (Å²) >= 11 is 8.09. The minimum absolute atomic E-state index is 0.212. The lowest BCUT2D eigenvalue weighted by Gasteiger charge is -2.10. The van der Waals surface area contributed by atoms with E-state index in [0.29, 0.717) is 22.9 Å². The highest BCUT2D eigenvalue weighted by Gasteiger charge is 2.25. The lowest BCUT2D eigenvalue weighted by atomic mass is 10.0. The third kappa shape index (κ3) is 5.70.